The van der Waals surface area contributed by atoms with Gasteiger partial charge in [0.1, 0.15) is 15.3 Å². The second kappa shape index (κ2) is 9.48. The van der Waals surface area contributed by atoms with Crippen molar-refractivity contribution in [1.82, 2.24) is 19.4 Å². The Labute approximate surface area is 239 Å². The lowest BCUT2D eigenvalue weighted by atomic mass is 9.97. The predicted octanol–water partition coefficient (Wildman–Crippen LogP) is 5.61. The largest absolute Gasteiger partial charge is 0.417 e. The number of benzene rings is 1. The first-order valence-electron chi connectivity index (χ1n) is 12.6. The first kappa shape index (κ1) is 27.1. The molecular weight excluding hydrogens is 582 g/mol. The summed E-state index contributed by atoms with van der Waals surface area (Å²) in [5.74, 6) is 0.394. The minimum atomic E-state index is -4.69. The molecule has 2 aliphatic rings. The number of aromatic nitrogens is 3. The second-order valence-electron chi connectivity index (χ2n) is 10.2. The Morgan fingerprint density at radius 2 is 1.88 bits per heavy atom. The monoisotopic (exact) mass is 606 g/mol. The van der Waals surface area contributed by atoms with E-state index in [4.69, 9.17) is 5.73 Å². The number of thioether (sulfide) groups is 1. The quantitative estimate of drug-likeness (QED) is 0.303. The molecule has 14 heteroatoms. The molecule has 0 spiro atoms. The maximum atomic E-state index is 14.8. The van der Waals surface area contributed by atoms with Gasteiger partial charge in [0.25, 0.3) is 0 Å². The van der Waals surface area contributed by atoms with Crippen molar-refractivity contribution in [2.24, 2.45) is 0 Å². The van der Waals surface area contributed by atoms with Crippen LogP contribution in [0.1, 0.15) is 32.4 Å². The number of carbonyl (C=O) groups is 1. The zero-order chi connectivity index (χ0) is 28.7. The van der Waals surface area contributed by atoms with Crippen LogP contribution in [0.25, 0.3) is 31.6 Å². The first-order chi connectivity index (χ1) is 18.9. The molecule has 210 valence electrons. The van der Waals surface area contributed by atoms with Crippen molar-refractivity contribution in [1.29, 1.82) is 0 Å². The van der Waals surface area contributed by atoms with Crippen LogP contribution >= 0.6 is 34.4 Å². The average Bonchev–Trinajstić information content (AvgIpc) is 3.44. The zero-order valence-corrected chi connectivity index (χ0v) is 24.2. The summed E-state index contributed by atoms with van der Waals surface area (Å²) < 4.78 is 46.8. The molecule has 2 aliphatic heterocycles. The molecule has 40 heavy (non-hydrogen) atoms. The van der Waals surface area contributed by atoms with Crippen molar-refractivity contribution >= 4 is 71.7 Å². The maximum Gasteiger partial charge on any atom is 0.417 e. The summed E-state index contributed by atoms with van der Waals surface area (Å²) in [7, 11) is 0. The lowest BCUT2D eigenvalue weighted by Gasteiger charge is -2.45. The zero-order valence-electron chi connectivity index (χ0n) is 21.8. The molecule has 4 aromatic rings. The molecule has 0 radical (unpaired) electrons. The number of carbonyl (C=O) groups excluding carboxylic acids is 1. The van der Waals surface area contributed by atoms with Crippen molar-refractivity contribution < 1.29 is 18.0 Å². The molecule has 2 N–H and O–H groups in total. The highest BCUT2D eigenvalue weighted by molar-refractivity contribution is 7.99. The summed E-state index contributed by atoms with van der Waals surface area (Å²) in [4.78, 5) is 38.5. The Morgan fingerprint density at radius 3 is 2.52 bits per heavy atom. The number of alkyl halides is 3. The van der Waals surface area contributed by atoms with Gasteiger partial charge < -0.3 is 15.5 Å². The van der Waals surface area contributed by atoms with Gasteiger partial charge in [0.2, 0.25) is 5.91 Å². The van der Waals surface area contributed by atoms with Crippen LogP contribution in [0.15, 0.2) is 33.8 Å². The van der Waals surface area contributed by atoms with Gasteiger partial charge >= 0.3 is 11.9 Å². The Bertz CT molecular complexity index is 1750. The maximum absolute atomic E-state index is 14.8. The highest BCUT2D eigenvalue weighted by Crippen LogP contribution is 2.52. The SMILES string of the molecule is C=CC(=O)N1[C@H](C)CN(c2nc(=O)n3c4c(c(-c5csc6sc(N)nc56)c(C(F)(F)F)cc24)SCC3C)C[C@@H]1C. The normalized spacial score (nSPS) is 21.4. The molecule has 3 aromatic heterocycles. The van der Waals surface area contributed by atoms with Gasteiger partial charge in [0, 0.05) is 63.8 Å². The van der Waals surface area contributed by atoms with Crippen LogP contribution in [0.3, 0.4) is 0 Å². The molecular formula is C26H25F3N6O2S3. The predicted molar refractivity (Wildman–Crippen MR) is 156 cm³/mol. The van der Waals surface area contributed by atoms with Crippen LogP contribution in [0.2, 0.25) is 0 Å². The van der Waals surface area contributed by atoms with Crippen LogP contribution in [0.5, 0.6) is 0 Å². The number of piperazine rings is 1. The second-order valence-corrected chi connectivity index (χ2v) is 13.4. The summed E-state index contributed by atoms with van der Waals surface area (Å²) in [6.07, 6.45) is -3.43. The Hall–Kier alpha value is -3.10. The summed E-state index contributed by atoms with van der Waals surface area (Å²) in [6, 6.07) is 0.312. The third-order valence-electron chi connectivity index (χ3n) is 7.43. The number of nitrogens with two attached hydrogens (primary N) is 1. The number of hydrogen-bond donors (Lipinski definition) is 1. The molecule has 3 atom stereocenters. The number of amides is 1. The van der Waals surface area contributed by atoms with E-state index in [0.717, 1.165) is 10.1 Å². The van der Waals surface area contributed by atoms with Crippen LogP contribution in [0.4, 0.5) is 24.1 Å². The third kappa shape index (κ3) is 4.10. The van der Waals surface area contributed by atoms with Gasteiger partial charge in [-0.05, 0) is 32.9 Å². The van der Waals surface area contributed by atoms with Gasteiger partial charge in [-0.1, -0.05) is 17.9 Å². The molecule has 6 rings (SSSR count). The fourth-order valence-electron chi connectivity index (χ4n) is 5.87. The molecule has 1 unspecified atom stereocenters. The number of nitrogens with zero attached hydrogens (tertiary/aromatic N) is 5. The van der Waals surface area contributed by atoms with Crippen molar-refractivity contribution in [3.05, 3.63) is 40.1 Å². The van der Waals surface area contributed by atoms with E-state index in [1.54, 1.807) is 10.3 Å². The van der Waals surface area contributed by atoms with Crippen LogP contribution in [0, 0.1) is 0 Å². The lowest BCUT2D eigenvalue weighted by Crippen LogP contribution is -2.58. The number of anilines is 2. The minimum Gasteiger partial charge on any atom is -0.375 e. The van der Waals surface area contributed by atoms with Crippen molar-refractivity contribution in [3.63, 3.8) is 0 Å². The molecule has 1 saturated heterocycles. The number of thiophene rings is 1. The van der Waals surface area contributed by atoms with E-state index in [2.05, 4.69) is 16.5 Å². The molecule has 1 amide bonds. The van der Waals surface area contributed by atoms with Crippen LogP contribution < -0.4 is 16.3 Å². The third-order valence-corrected chi connectivity index (χ3v) is 10.7. The van der Waals surface area contributed by atoms with Crippen LogP contribution in [-0.4, -0.2) is 56.3 Å². The molecule has 0 bridgehead atoms. The minimum absolute atomic E-state index is 0.0156. The molecule has 8 nitrogen and oxygen atoms in total. The number of thiazole rings is 1. The Morgan fingerprint density at radius 1 is 1.18 bits per heavy atom. The Kier molecular flexibility index (Phi) is 6.42. The van der Waals surface area contributed by atoms with Crippen molar-refractivity contribution in [2.75, 3.05) is 29.5 Å². The topological polar surface area (TPSA) is 97.4 Å². The number of hydrogen-bond acceptors (Lipinski definition) is 9. The summed E-state index contributed by atoms with van der Waals surface area (Å²) in [5.41, 5.74) is 5.82. The van der Waals surface area contributed by atoms with Crippen molar-refractivity contribution in [2.45, 2.75) is 50.0 Å². The van der Waals surface area contributed by atoms with E-state index >= 15 is 0 Å². The van der Waals surface area contributed by atoms with Gasteiger partial charge in [0.15, 0.2) is 5.13 Å². The van der Waals surface area contributed by atoms with Gasteiger partial charge in [-0.3, -0.25) is 9.36 Å². The number of halogens is 3. The molecule has 5 heterocycles. The highest BCUT2D eigenvalue weighted by Gasteiger charge is 2.40. The van der Waals surface area contributed by atoms with Crippen molar-refractivity contribution in [3.8, 4) is 11.1 Å². The fraction of sp³-hybridized carbons (Fsp3) is 0.385. The molecule has 0 saturated carbocycles. The summed E-state index contributed by atoms with van der Waals surface area (Å²) in [6.45, 7) is 9.78. The number of rotatable bonds is 3. The summed E-state index contributed by atoms with van der Waals surface area (Å²) in [5, 5.41) is 2.23. The Balaban J connectivity index is 1.65. The van der Waals surface area contributed by atoms with E-state index < -0.39 is 17.4 Å². The average molecular weight is 607 g/mol. The van der Waals surface area contributed by atoms with Gasteiger partial charge in [-0.15, -0.1) is 23.1 Å². The van der Waals surface area contributed by atoms with E-state index in [9.17, 15) is 22.8 Å². The number of fused-ring (bicyclic) bond motifs is 1. The molecule has 1 aromatic carbocycles. The van der Waals surface area contributed by atoms with Gasteiger partial charge in [-0.25, -0.2) is 9.78 Å². The standard InChI is InChI=1S/C26H25F3N6O2S3/c1-5-17(36)34-11(2)7-33(8-12(34)3)22-14-6-16(26(27,28)29)18(15-10-39-23-19(15)31-24(30)40-23)21-20(14)35(25(37)32-22)13(4)9-38-21/h5-6,10-13H,1,7-9H2,2-4H3,(H2,30,31)/t11-,12+,13?. The van der Waals surface area contributed by atoms with E-state index in [1.807, 2.05) is 25.7 Å². The van der Waals surface area contributed by atoms with E-state index in [0.29, 0.717) is 40.3 Å². The van der Waals surface area contributed by atoms with E-state index in [-0.39, 0.29) is 45.9 Å². The fourth-order valence-corrected chi connectivity index (χ4v) is 9.03. The smallest absolute Gasteiger partial charge is 0.375 e. The summed E-state index contributed by atoms with van der Waals surface area (Å²) >= 11 is 3.85. The first-order valence-corrected chi connectivity index (χ1v) is 15.3. The molecule has 1 fully saturated rings. The van der Waals surface area contributed by atoms with Gasteiger partial charge in [-0.2, -0.15) is 18.2 Å². The lowest BCUT2D eigenvalue weighted by molar-refractivity contribution is -0.137. The highest BCUT2D eigenvalue weighted by atomic mass is 32.2. The molecule has 0 aliphatic carbocycles. The van der Waals surface area contributed by atoms with Gasteiger partial charge in [0.05, 0.1) is 11.1 Å². The number of nitrogen functional groups attached to an aromatic ring is 1. The van der Waals surface area contributed by atoms with E-state index in [1.165, 1.54) is 45.1 Å². The van der Waals surface area contributed by atoms with Crippen LogP contribution in [-0.2, 0) is 11.0 Å².